The molecule has 104 valence electrons. The third kappa shape index (κ3) is 2.10. The number of rotatable bonds is 4. The first-order valence-corrected chi connectivity index (χ1v) is 7.78. The molecule has 2 bridgehead atoms. The van der Waals surface area contributed by atoms with Crippen molar-refractivity contribution < 1.29 is 9.84 Å². The third-order valence-electron chi connectivity index (χ3n) is 5.68. The van der Waals surface area contributed by atoms with Crippen LogP contribution in [0.4, 0.5) is 0 Å². The van der Waals surface area contributed by atoms with Crippen molar-refractivity contribution in [2.45, 2.75) is 76.1 Å². The van der Waals surface area contributed by atoms with Crippen molar-refractivity contribution in [1.29, 1.82) is 0 Å². The summed E-state index contributed by atoms with van der Waals surface area (Å²) in [4.78, 5) is 0. The molecule has 0 amide bonds. The molecule has 2 heterocycles. The van der Waals surface area contributed by atoms with Crippen LogP contribution in [0.1, 0.15) is 57.8 Å². The number of fused-ring (bicyclic) bond motifs is 2. The van der Waals surface area contributed by atoms with Gasteiger partial charge in [0.2, 0.25) is 0 Å². The van der Waals surface area contributed by atoms with Crippen LogP contribution in [0.3, 0.4) is 0 Å². The maximum atomic E-state index is 10.7. The van der Waals surface area contributed by atoms with E-state index in [1.165, 1.54) is 38.5 Å². The molecular formula is C15H27NO2. The van der Waals surface area contributed by atoms with Crippen molar-refractivity contribution in [3.63, 3.8) is 0 Å². The van der Waals surface area contributed by atoms with Crippen LogP contribution in [-0.2, 0) is 4.74 Å². The summed E-state index contributed by atoms with van der Waals surface area (Å²) in [5.74, 6) is 0.719. The van der Waals surface area contributed by atoms with E-state index in [2.05, 4.69) is 0 Å². The van der Waals surface area contributed by atoms with Gasteiger partial charge in [0.05, 0.1) is 18.3 Å². The first-order valence-electron chi connectivity index (χ1n) is 7.78. The standard InChI is InChI=1S/C15H27NO2/c16-10-15(9-12-6-7-14(15)18-12)13(17)8-11-4-2-1-3-5-11/h11-14,17H,1-10,16H2. The second-order valence-corrected chi connectivity index (χ2v) is 6.72. The smallest absolute Gasteiger partial charge is 0.0673 e. The molecule has 1 aliphatic carbocycles. The number of nitrogens with two attached hydrogens (primary N) is 1. The quantitative estimate of drug-likeness (QED) is 0.807. The number of ether oxygens (including phenoxy) is 1. The van der Waals surface area contributed by atoms with Crippen molar-refractivity contribution >= 4 is 0 Å². The van der Waals surface area contributed by atoms with Gasteiger partial charge in [-0.3, -0.25) is 0 Å². The van der Waals surface area contributed by atoms with Gasteiger partial charge in [0.1, 0.15) is 0 Å². The van der Waals surface area contributed by atoms with Crippen LogP contribution in [-0.4, -0.2) is 30.0 Å². The largest absolute Gasteiger partial charge is 0.392 e. The minimum Gasteiger partial charge on any atom is -0.392 e. The Morgan fingerprint density at radius 2 is 1.94 bits per heavy atom. The molecule has 2 saturated heterocycles. The summed E-state index contributed by atoms with van der Waals surface area (Å²) >= 11 is 0. The number of aliphatic hydroxyl groups excluding tert-OH is 1. The molecule has 0 aromatic heterocycles. The van der Waals surface area contributed by atoms with E-state index in [4.69, 9.17) is 10.5 Å². The molecule has 0 radical (unpaired) electrons. The van der Waals surface area contributed by atoms with Crippen LogP contribution in [0, 0.1) is 11.3 Å². The summed E-state index contributed by atoms with van der Waals surface area (Å²) in [6.45, 7) is 0.585. The molecule has 2 aliphatic heterocycles. The normalized spacial score (nSPS) is 42.3. The third-order valence-corrected chi connectivity index (χ3v) is 5.68. The number of aliphatic hydroxyl groups is 1. The van der Waals surface area contributed by atoms with Gasteiger partial charge in [-0.05, 0) is 31.6 Å². The number of hydrogen-bond acceptors (Lipinski definition) is 3. The van der Waals surface area contributed by atoms with E-state index in [1.54, 1.807) is 0 Å². The average Bonchev–Trinajstić information content (AvgIpc) is 3.00. The molecule has 3 heteroatoms. The summed E-state index contributed by atoms with van der Waals surface area (Å²) in [5.41, 5.74) is 5.90. The lowest BCUT2D eigenvalue weighted by Crippen LogP contribution is -2.49. The van der Waals surface area contributed by atoms with E-state index in [0.717, 1.165) is 25.2 Å². The van der Waals surface area contributed by atoms with E-state index in [0.29, 0.717) is 12.6 Å². The van der Waals surface area contributed by atoms with E-state index in [1.807, 2.05) is 0 Å². The molecule has 4 atom stereocenters. The Hall–Kier alpha value is -0.120. The average molecular weight is 253 g/mol. The summed E-state index contributed by atoms with van der Waals surface area (Å²) in [6, 6.07) is 0. The summed E-state index contributed by atoms with van der Waals surface area (Å²) in [6.07, 6.45) is 11.2. The van der Waals surface area contributed by atoms with Crippen molar-refractivity contribution in [1.82, 2.24) is 0 Å². The topological polar surface area (TPSA) is 55.5 Å². The van der Waals surface area contributed by atoms with E-state index >= 15 is 0 Å². The van der Waals surface area contributed by atoms with Crippen molar-refractivity contribution in [3.8, 4) is 0 Å². The monoisotopic (exact) mass is 253 g/mol. The van der Waals surface area contributed by atoms with Gasteiger partial charge in [0, 0.05) is 12.0 Å². The van der Waals surface area contributed by atoms with Gasteiger partial charge in [0.15, 0.2) is 0 Å². The first-order chi connectivity index (χ1) is 8.74. The lowest BCUT2D eigenvalue weighted by atomic mass is 9.67. The van der Waals surface area contributed by atoms with E-state index < -0.39 is 0 Å². The SMILES string of the molecule is NCC1(C(O)CC2CCCCC2)CC2CCC1O2. The zero-order valence-corrected chi connectivity index (χ0v) is 11.3. The first kappa shape index (κ1) is 12.9. The van der Waals surface area contributed by atoms with Crippen molar-refractivity contribution in [2.75, 3.05) is 6.54 Å². The molecule has 18 heavy (non-hydrogen) atoms. The molecule has 3 aliphatic rings. The van der Waals surface area contributed by atoms with Gasteiger partial charge < -0.3 is 15.6 Å². The molecule has 4 unspecified atom stereocenters. The van der Waals surface area contributed by atoms with Gasteiger partial charge in [-0.15, -0.1) is 0 Å². The van der Waals surface area contributed by atoms with Crippen molar-refractivity contribution in [2.24, 2.45) is 17.1 Å². The lowest BCUT2D eigenvalue weighted by Gasteiger charge is -2.40. The molecular weight excluding hydrogens is 226 g/mol. The predicted octanol–water partition coefficient (Wildman–Crippen LogP) is 2.21. The fourth-order valence-corrected chi connectivity index (χ4v) is 4.51. The molecule has 0 aromatic rings. The second-order valence-electron chi connectivity index (χ2n) is 6.72. The highest BCUT2D eigenvalue weighted by Gasteiger charge is 2.55. The molecule has 3 fully saturated rings. The van der Waals surface area contributed by atoms with E-state index in [9.17, 15) is 5.11 Å². The van der Waals surface area contributed by atoms with Crippen LogP contribution in [0.15, 0.2) is 0 Å². The molecule has 3 N–H and O–H groups in total. The minimum absolute atomic E-state index is 0.125. The molecule has 3 nitrogen and oxygen atoms in total. The van der Waals surface area contributed by atoms with Crippen LogP contribution in [0.25, 0.3) is 0 Å². The molecule has 3 rings (SSSR count). The summed E-state index contributed by atoms with van der Waals surface area (Å²) < 4.78 is 5.95. The summed E-state index contributed by atoms with van der Waals surface area (Å²) in [5, 5.41) is 10.7. The highest BCUT2D eigenvalue weighted by molar-refractivity contribution is 5.05. The van der Waals surface area contributed by atoms with Crippen LogP contribution < -0.4 is 5.73 Å². The Morgan fingerprint density at radius 1 is 1.17 bits per heavy atom. The maximum absolute atomic E-state index is 10.7. The lowest BCUT2D eigenvalue weighted by molar-refractivity contribution is -0.0381. The molecule has 0 spiro atoms. The van der Waals surface area contributed by atoms with Gasteiger partial charge >= 0.3 is 0 Å². The van der Waals surface area contributed by atoms with Crippen LogP contribution >= 0.6 is 0 Å². The van der Waals surface area contributed by atoms with Crippen LogP contribution in [0.2, 0.25) is 0 Å². The summed E-state index contributed by atoms with van der Waals surface area (Å²) in [7, 11) is 0. The van der Waals surface area contributed by atoms with Gasteiger partial charge in [-0.25, -0.2) is 0 Å². The molecule has 1 saturated carbocycles. The minimum atomic E-state index is -0.249. The fraction of sp³-hybridized carbons (Fsp3) is 1.00. The highest BCUT2D eigenvalue weighted by atomic mass is 16.5. The second kappa shape index (κ2) is 5.10. The van der Waals surface area contributed by atoms with Gasteiger partial charge in [-0.2, -0.15) is 0 Å². The predicted molar refractivity (Wildman–Crippen MR) is 71.2 cm³/mol. The van der Waals surface area contributed by atoms with E-state index in [-0.39, 0.29) is 17.6 Å². The zero-order valence-electron chi connectivity index (χ0n) is 11.3. The zero-order chi connectivity index (χ0) is 12.6. The number of hydrogen-bond donors (Lipinski definition) is 2. The van der Waals surface area contributed by atoms with Crippen LogP contribution in [0.5, 0.6) is 0 Å². The Labute approximate surface area is 110 Å². The maximum Gasteiger partial charge on any atom is 0.0673 e. The Bertz CT molecular complexity index is 290. The highest BCUT2D eigenvalue weighted by Crippen LogP contribution is 2.50. The molecule has 0 aromatic carbocycles. The Balaban J connectivity index is 1.64. The Kier molecular flexibility index (Phi) is 3.65. The Morgan fingerprint density at radius 3 is 2.50 bits per heavy atom. The van der Waals surface area contributed by atoms with Crippen molar-refractivity contribution in [3.05, 3.63) is 0 Å². The van der Waals surface area contributed by atoms with Gasteiger partial charge in [-0.1, -0.05) is 32.1 Å². The fourth-order valence-electron chi connectivity index (χ4n) is 4.51. The van der Waals surface area contributed by atoms with Gasteiger partial charge in [0.25, 0.3) is 0 Å².